The Kier molecular flexibility index (Phi) is 5.50. The van der Waals surface area contributed by atoms with Gasteiger partial charge in [0.1, 0.15) is 11.4 Å². The zero-order valence-electron chi connectivity index (χ0n) is 17.3. The predicted molar refractivity (Wildman–Crippen MR) is 119 cm³/mol. The molecule has 0 aliphatic heterocycles. The van der Waals surface area contributed by atoms with E-state index in [4.69, 9.17) is 0 Å². The molecule has 0 bridgehead atoms. The van der Waals surface area contributed by atoms with Gasteiger partial charge in [-0.1, -0.05) is 52.4 Å². The number of nitrogens with zero attached hydrogens (tertiary/aromatic N) is 5. The summed E-state index contributed by atoms with van der Waals surface area (Å²) in [6.45, 7) is 8.08. The van der Waals surface area contributed by atoms with Gasteiger partial charge in [-0.15, -0.1) is 5.10 Å². The van der Waals surface area contributed by atoms with Gasteiger partial charge in [0.2, 0.25) is 5.91 Å². The van der Waals surface area contributed by atoms with Crippen LogP contribution in [0.2, 0.25) is 0 Å². The number of hydrogen-bond acceptors (Lipinski definition) is 6. The summed E-state index contributed by atoms with van der Waals surface area (Å²) in [6.07, 6.45) is 1.48. The number of benzene rings is 2. The summed E-state index contributed by atoms with van der Waals surface area (Å²) in [5.74, 6) is 0.128. The Balaban J connectivity index is 1.52. The molecule has 7 nitrogen and oxygen atoms in total. The number of nitrogens with one attached hydrogen (secondary N) is 1. The predicted octanol–water partition coefficient (Wildman–Crippen LogP) is 4.17. The van der Waals surface area contributed by atoms with Crippen molar-refractivity contribution in [3.63, 3.8) is 0 Å². The van der Waals surface area contributed by atoms with Crippen molar-refractivity contribution in [2.75, 3.05) is 11.1 Å². The number of aromatic nitrogens is 5. The number of anilines is 1. The van der Waals surface area contributed by atoms with Crippen LogP contribution in [0.3, 0.4) is 0 Å². The molecule has 30 heavy (non-hydrogen) atoms. The Morgan fingerprint density at radius 3 is 2.40 bits per heavy atom. The van der Waals surface area contributed by atoms with Crippen LogP contribution >= 0.6 is 11.8 Å². The first-order valence-corrected chi connectivity index (χ1v) is 10.5. The van der Waals surface area contributed by atoms with E-state index in [2.05, 4.69) is 37.7 Å². The van der Waals surface area contributed by atoms with Crippen LogP contribution in [0.4, 0.5) is 5.69 Å². The monoisotopic (exact) mass is 418 g/mol. The van der Waals surface area contributed by atoms with Crippen LogP contribution < -0.4 is 5.32 Å². The Labute approximate surface area is 178 Å². The van der Waals surface area contributed by atoms with Crippen LogP contribution in [0, 0.1) is 27.7 Å². The average molecular weight is 419 g/mol. The second-order valence-corrected chi connectivity index (χ2v) is 8.26. The van der Waals surface area contributed by atoms with Crippen LogP contribution in [0.15, 0.2) is 47.8 Å². The summed E-state index contributed by atoms with van der Waals surface area (Å²) in [6, 6.07) is 12.1. The minimum absolute atomic E-state index is 0.0901. The molecule has 0 saturated carbocycles. The lowest BCUT2D eigenvalue weighted by atomic mass is 10.1. The highest BCUT2D eigenvalue weighted by Gasteiger charge is 2.15. The lowest BCUT2D eigenvalue weighted by Gasteiger charge is -2.12. The molecule has 0 atom stereocenters. The number of carbonyl (C=O) groups excluding carboxylic acids is 1. The molecule has 0 aliphatic rings. The number of thioether (sulfide) groups is 1. The van der Waals surface area contributed by atoms with E-state index >= 15 is 0 Å². The van der Waals surface area contributed by atoms with Gasteiger partial charge in [-0.3, -0.25) is 4.79 Å². The summed E-state index contributed by atoms with van der Waals surface area (Å²) in [5, 5.41) is 12.1. The third kappa shape index (κ3) is 4.04. The minimum Gasteiger partial charge on any atom is -0.325 e. The molecule has 4 aromatic rings. The summed E-state index contributed by atoms with van der Waals surface area (Å²) in [4.78, 5) is 21.2. The van der Waals surface area contributed by atoms with E-state index in [1.165, 1.54) is 29.2 Å². The second-order valence-electron chi connectivity index (χ2n) is 7.30. The molecule has 0 saturated heterocycles. The van der Waals surface area contributed by atoms with E-state index in [0.29, 0.717) is 16.2 Å². The lowest BCUT2D eigenvalue weighted by molar-refractivity contribution is -0.113. The second kappa shape index (κ2) is 8.23. The van der Waals surface area contributed by atoms with Gasteiger partial charge in [0.25, 0.3) is 0 Å². The first-order valence-electron chi connectivity index (χ1n) is 9.56. The van der Waals surface area contributed by atoms with E-state index in [1.54, 1.807) is 4.68 Å². The van der Waals surface area contributed by atoms with Gasteiger partial charge in [0.05, 0.1) is 11.4 Å². The third-order valence-electron chi connectivity index (χ3n) is 4.76. The molecule has 0 unspecified atom stereocenters. The molecular weight excluding hydrogens is 396 g/mol. The van der Waals surface area contributed by atoms with Crippen LogP contribution in [-0.4, -0.2) is 36.6 Å². The van der Waals surface area contributed by atoms with E-state index in [9.17, 15) is 4.79 Å². The van der Waals surface area contributed by atoms with Crippen molar-refractivity contribution in [1.82, 2.24) is 25.0 Å². The van der Waals surface area contributed by atoms with E-state index in [1.807, 2.05) is 52.0 Å². The quantitative estimate of drug-likeness (QED) is 0.387. The molecular formula is C22H22N6OS. The molecule has 8 heteroatoms. The van der Waals surface area contributed by atoms with Crippen molar-refractivity contribution >= 4 is 34.5 Å². The normalized spacial score (nSPS) is 11.1. The van der Waals surface area contributed by atoms with E-state index in [0.717, 1.165) is 22.5 Å². The van der Waals surface area contributed by atoms with E-state index < -0.39 is 0 Å². The van der Waals surface area contributed by atoms with Gasteiger partial charge >= 0.3 is 0 Å². The molecule has 152 valence electrons. The fourth-order valence-corrected chi connectivity index (χ4v) is 4.11. The van der Waals surface area contributed by atoms with Gasteiger partial charge in [-0.2, -0.15) is 4.68 Å². The Bertz CT molecular complexity index is 1210. The lowest BCUT2D eigenvalue weighted by Crippen LogP contribution is -2.16. The molecule has 4 rings (SSSR count). The maximum atomic E-state index is 12.6. The molecule has 2 aromatic carbocycles. The maximum Gasteiger partial charge on any atom is 0.234 e. The first-order chi connectivity index (χ1) is 14.4. The first kappa shape index (κ1) is 20.0. The van der Waals surface area contributed by atoms with Gasteiger partial charge in [-0.25, -0.2) is 9.97 Å². The van der Waals surface area contributed by atoms with Crippen LogP contribution in [0.5, 0.6) is 0 Å². The highest BCUT2D eigenvalue weighted by molar-refractivity contribution is 8.00. The van der Waals surface area contributed by atoms with E-state index in [-0.39, 0.29) is 11.7 Å². The van der Waals surface area contributed by atoms with Crippen LogP contribution in [-0.2, 0) is 4.79 Å². The number of hydrogen-bond donors (Lipinski definition) is 1. The largest absolute Gasteiger partial charge is 0.325 e. The molecule has 2 heterocycles. The zero-order valence-corrected chi connectivity index (χ0v) is 18.1. The molecule has 0 aliphatic carbocycles. The summed E-state index contributed by atoms with van der Waals surface area (Å²) in [5.41, 5.74) is 7.38. The third-order valence-corrected chi connectivity index (χ3v) is 5.74. The van der Waals surface area contributed by atoms with Gasteiger partial charge < -0.3 is 5.32 Å². The van der Waals surface area contributed by atoms with Crippen molar-refractivity contribution in [3.05, 3.63) is 65.0 Å². The van der Waals surface area contributed by atoms with Gasteiger partial charge in [-0.05, 0) is 51.0 Å². The van der Waals surface area contributed by atoms with Crippen LogP contribution in [0.1, 0.15) is 22.3 Å². The number of rotatable bonds is 5. The minimum atomic E-state index is -0.0901. The number of amides is 1. The topological polar surface area (TPSA) is 85.6 Å². The fraction of sp³-hybridized carbons (Fsp3) is 0.227. The fourth-order valence-electron chi connectivity index (χ4n) is 3.38. The number of aryl methyl sites for hydroxylation is 4. The molecule has 0 radical (unpaired) electrons. The SMILES string of the molecule is Cc1ccc(-n2nnc3c(SCC(=O)Nc4c(C)cc(C)cc4C)ncnc32)cc1. The maximum absolute atomic E-state index is 12.6. The highest BCUT2D eigenvalue weighted by atomic mass is 32.2. The number of carbonyl (C=O) groups is 1. The Hall–Kier alpha value is -3.26. The van der Waals surface area contributed by atoms with Crippen molar-refractivity contribution in [3.8, 4) is 5.69 Å². The Morgan fingerprint density at radius 1 is 1.00 bits per heavy atom. The molecule has 1 amide bonds. The Morgan fingerprint density at radius 2 is 1.70 bits per heavy atom. The van der Waals surface area contributed by atoms with Crippen molar-refractivity contribution < 1.29 is 4.79 Å². The molecule has 0 spiro atoms. The van der Waals surface area contributed by atoms with Gasteiger partial charge in [0, 0.05) is 5.69 Å². The molecule has 1 N–H and O–H groups in total. The van der Waals surface area contributed by atoms with Crippen molar-refractivity contribution in [1.29, 1.82) is 0 Å². The smallest absolute Gasteiger partial charge is 0.234 e. The van der Waals surface area contributed by atoms with Crippen molar-refractivity contribution in [2.45, 2.75) is 32.7 Å². The summed E-state index contributed by atoms with van der Waals surface area (Å²) >= 11 is 1.32. The average Bonchev–Trinajstić information content (AvgIpc) is 3.14. The number of fused-ring (bicyclic) bond motifs is 1. The standard InChI is InChI=1S/C22H22N6OS/c1-13-5-7-17(8-6-13)28-21-20(26-27-28)22(24-12-23-21)30-11-18(29)25-19-15(3)9-14(2)10-16(19)4/h5-10,12H,11H2,1-4H3,(H,25,29). The highest BCUT2D eigenvalue weighted by Crippen LogP contribution is 2.26. The molecule has 2 aromatic heterocycles. The molecule has 0 fully saturated rings. The summed E-state index contributed by atoms with van der Waals surface area (Å²) in [7, 11) is 0. The summed E-state index contributed by atoms with van der Waals surface area (Å²) < 4.78 is 1.68. The zero-order chi connectivity index (χ0) is 21.3. The van der Waals surface area contributed by atoms with Crippen LogP contribution in [0.25, 0.3) is 16.9 Å². The van der Waals surface area contributed by atoms with Crippen molar-refractivity contribution in [2.24, 2.45) is 0 Å². The van der Waals surface area contributed by atoms with Gasteiger partial charge in [0.15, 0.2) is 11.2 Å².